The van der Waals surface area contributed by atoms with Gasteiger partial charge in [0.25, 0.3) is 0 Å². The highest BCUT2D eigenvalue weighted by Crippen LogP contribution is 2.47. The summed E-state index contributed by atoms with van der Waals surface area (Å²) in [5.41, 5.74) is 6.12. The fraction of sp³-hybridized carbons (Fsp3) is 0.241. The molecule has 1 aliphatic rings. The molecule has 1 saturated heterocycles. The zero-order valence-corrected chi connectivity index (χ0v) is 22.4. The number of pyridine rings is 1. The summed E-state index contributed by atoms with van der Waals surface area (Å²) in [5, 5.41) is 4.14. The van der Waals surface area contributed by atoms with E-state index in [1.165, 1.54) is 0 Å². The van der Waals surface area contributed by atoms with E-state index in [1.807, 2.05) is 60.8 Å². The number of hydrogen-bond acceptors (Lipinski definition) is 5. The smallest absolute Gasteiger partial charge is 0.174 e. The summed E-state index contributed by atoms with van der Waals surface area (Å²) < 4.78 is 19.1. The molecule has 3 heterocycles. The highest BCUT2D eigenvalue weighted by Gasteiger charge is 2.43. The molecule has 4 aromatic rings. The summed E-state index contributed by atoms with van der Waals surface area (Å²) in [5.74, 6) is 2.24. The molecule has 7 nitrogen and oxygen atoms in total. The van der Waals surface area contributed by atoms with Crippen LogP contribution in [0.15, 0.2) is 72.9 Å². The number of aromatic nitrogens is 2. The van der Waals surface area contributed by atoms with Crippen LogP contribution in [-0.2, 0) is 0 Å². The van der Waals surface area contributed by atoms with Crippen molar-refractivity contribution in [2.75, 3.05) is 26.2 Å². The first-order valence-corrected chi connectivity index (χ1v) is 12.4. The molecule has 8 heteroatoms. The van der Waals surface area contributed by atoms with Crippen molar-refractivity contribution in [3.05, 3.63) is 95.6 Å². The molecule has 2 aromatic carbocycles. The summed E-state index contributed by atoms with van der Waals surface area (Å²) >= 11 is 5.94. The number of anilines is 1. The summed E-state index contributed by atoms with van der Waals surface area (Å²) in [4.78, 5) is 6.81. The van der Waals surface area contributed by atoms with Gasteiger partial charge in [0.05, 0.1) is 44.8 Å². The van der Waals surface area contributed by atoms with Crippen molar-refractivity contribution in [2.24, 2.45) is 0 Å². The molecule has 190 valence electrons. The third-order valence-electron chi connectivity index (χ3n) is 6.84. The Kier molecular flexibility index (Phi) is 6.76. The summed E-state index contributed by atoms with van der Waals surface area (Å²) in [6.07, 6.45) is 1.81. The first-order chi connectivity index (χ1) is 18.0. The van der Waals surface area contributed by atoms with Gasteiger partial charge < -0.3 is 29.0 Å². The predicted molar refractivity (Wildman–Crippen MR) is 149 cm³/mol. The van der Waals surface area contributed by atoms with Crippen molar-refractivity contribution in [1.82, 2.24) is 14.9 Å². The highest BCUT2D eigenvalue weighted by atomic mass is 32.1. The van der Waals surface area contributed by atoms with Gasteiger partial charge in [-0.25, -0.2) is 0 Å². The van der Waals surface area contributed by atoms with Crippen LogP contribution in [0.4, 0.5) is 5.69 Å². The van der Waals surface area contributed by atoms with Gasteiger partial charge in [0.2, 0.25) is 0 Å². The van der Waals surface area contributed by atoms with E-state index in [-0.39, 0.29) is 12.1 Å². The maximum absolute atomic E-state index is 5.94. The second kappa shape index (κ2) is 10.1. The molecule has 2 atom stereocenters. The van der Waals surface area contributed by atoms with Crippen LogP contribution in [0.3, 0.4) is 0 Å². The average molecular weight is 515 g/mol. The number of benzene rings is 2. The lowest BCUT2D eigenvalue weighted by molar-refractivity contribution is 0.403. The molecule has 37 heavy (non-hydrogen) atoms. The maximum Gasteiger partial charge on any atom is 0.174 e. The summed E-state index contributed by atoms with van der Waals surface area (Å²) in [6.45, 7) is 4.25. The molecule has 0 amide bonds. The van der Waals surface area contributed by atoms with Crippen molar-refractivity contribution in [3.63, 3.8) is 0 Å². The van der Waals surface area contributed by atoms with Gasteiger partial charge in [0.15, 0.2) is 5.11 Å². The summed E-state index contributed by atoms with van der Waals surface area (Å²) in [7, 11) is 5.00. The molecule has 0 aliphatic carbocycles. The molecule has 5 rings (SSSR count). The van der Waals surface area contributed by atoms with E-state index in [2.05, 4.69) is 45.7 Å². The van der Waals surface area contributed by atoms with Crippen molar-refractivity contribution < 1.29 is 14.2 Å². The molecule has 0 unspecified atom stereocenters. The monoisotopic (exact) mass is 514 g/mol. The Morgan fingerprint density at radius 3 is 2.35 bits per heavy atom. The molecule has 1 aliphatic heterocycles. The van der Waals surface area contributed by atoms with Crippen LogP contribution in [0, 0.1) is 13.8 Å². The largest absolute Gasteiger partial charge is 0.497 e. The van der Waals surface area contributed by atoms with E-state index in [0.717, 1.165) is 45.5 Å². The van der Waals surface area contributed by atoms with Crippen molar-refractivity contribution in [3.8, 4) is 22.9 Å². The number of ether oxygens (including phenoxy) is 3. The minimum Gasteiger partial charge on any atom is -0.497 e. The fourth-order valence-electron chi connectivity index (χ4n) is 5.15. The maximum atomic E-state index is 5.94. The number of aryl methyl sites for hydroxylation is 1. The van der Waals surface area contributed by atoms with Gasteiger partial charge in [-0.15, -0.1) is 0 Å². The fourth-order valence-corrected chi connectivity index (χ4v) is 5.49. The van der Waals surface area contributed by atoms with Crippen molar-refractivity contribution >= 4 is 23.0 Å². The second-order valence-electron chi connectivity index (χ2n) is 8.90. The zero-order chi connectivity index (χ0) is 26.1. The van der Waals surface area contributed by atoms with Crippen LogP contribution >= 0.6 is 12.2 Å². The normalized spacial score (nSPS) is 17.0. The van der Waals surface area contributed by atoms with Crippen LogP contribution in [0.2, 0.25) is 0 Å². The SMILES string of the molecule is COc1cccc(-n2c(C)cc([C@H]3[C@H](c4ccccn4)NC(=S)N3c3cc(OC)ccc3OC)c2C)c1. The van der Waals surface area contributed by atoms with Gasteiger partial charge in [0, 0.05) is 35.4 Å². The van der Waals surface area contributed by atoms with Crippen LogP contribution in [0.1, 0.15) is 34.7 Å². The highest BCUT2D eigenvalue weighted by molar-refractivity contribution is 7.80. The Morgan fingerprint density at radius 2 is 1.65 bits per heavy atom. The molecule has 1 N–H and O–H groups in total. The lowest BCUT2D eigenvalue weighted by Gasteiger charge is -2.29. The van der Waals surface area contributed by atoms with E-state index in [4.69, 9.17) is 26.4 Å². The van der Waals surface area contributed by atoms with Crippen molar-refractivity contribution in [1.29, 1.82) is 0 Å². The number of nitrogens with one attached hydrogen (secondary N) is 1. The second-order valence-corrected chi connectivity index (χ2v) is 9.28. The van der Waals surface area contributed by atoms with Gasteiger partial charge in [-0.05, 0) is 74.1 Å². The first-order valence-electron chi connectivity index (χ1n) is 12.0. The standard InChI is InChI=1S/C29H30N4O3S/c1-18-15-23(19(2)32(18)20-9-8-10-21(16-20)34-3)28-27(24-11-6-7-14-30-24)31-29(37)33(28)25-17-22(35-4)12-13-26(25)36-5/h6-17,27-28H,1-5H3,(H,31,37)/t27-,28-/m0/s1. The van der Waals surface area contributed by atoms with E-state index in [1.54, 1.807) is 21.3 Å². The van der Waals surface area contributed by atoms with E-state index < -0.39 is 0 Å². The van der Waals surface area contributed by atoms with Gasteiger partial charge in [0.1, 0.15) is 17.2 Å². The van der Waals surface area contributed by atoms with Gasteiger partial charge >= 0.3 is 0 Å². The molecular formula is C29H30N4O3S. The Morgan fingerprint density at radius 1 is 0.865 bits per heavy atom. The number of thiocarbonyl (C=S) groups is 1. The Hall–Kier alpha value is -4.04. The minimum atomic E-state index is -0.186. The molecule has 2 aromatic heterocycles. The van der Waals surface area contributed by atoms with Gasteiger partial charge in [-0.1, -0.05) is 12.1 Å². The van der Waals surface area contributed by atoms with Gasteiger partial charge in [-0.3, -0.25) is 4.98 Å². The molecular weight excluding hydrogens is 484 g/mol. The minimum absolute atomic E-state index is 0.177. The van der Waals surface area contributed by atoms with Crippen LogP contribution in [-0.4, -0.2) is 36.0 Å². The average Bonchev–Trinajstić information content (AvgIpc) is 3.43. The van der Waals surface area contributed by atoms with Crippen LogP contribution in [0.5, 0.6) is 17.2 Å². The third kappa shape index (κ3) is 4.38. The van der Waals surface area contributed by atoms with Crippen molar-refractivity contribution in [2.45, 2.75) is 25.9 Å². The zero-order valence-electron chi connectivity index (χ0n) is 21.6. The van der Waals surface area contributed by atoms with E-state index in [0.29, 0.717) is 10.9 Å². The molecule has 0 spiro atoms. The Bertz CT molecular complexity index is 1440. The first kappa shape index (κ1) is 24.6. The Balaban J connectivity index is 1.71. The lowest BCUT2D eigenvalue weighted by Crippen LogP contribution is -2.30. The van der Waals surface area contributed by atoms with E-state index >= 15 is 0 Å². The summed E-state index contributed by atoms with van der Waals surface area (Å²) in [6, 6.07) is 21.6. The number of nitrogens with zero attached hydrogens (tertiary/aromatic N) is 3. The quantitative estimate of drug-likeness (QED) is 0.318. The predicted octanol–water partition coefficient (Wildman–Crippen LogP) is 5.69. The number of rotatable bonds is 7. The van der Waals surface area contributed by atoms with E-state index in [9.17, 15) is 0 Å². The van der Waals surface area contributed by atoms with Crippen LogP contribution < -0.4 is 24.4 Å². The van der Waals surface area contributed by atoms with Crippen LogP contribution in [0.25, 0.3) is 5.69 Å². The Labute approximate surface area is 222 Å². The lowest BCUT2D eigenvalue weighted by atomic mass is 9.96. The molecule has 0 saturated carbocycles. The molecule has 0 radical (unpaired) electrons. The number of methoxy groups -OCH3 is 3. The number of hydrogen-bond donors (Lipinski definition) is 1. The third-order valence-corrected chi connectivity index (χ3v) is 7.16. The molecule has 1 fully saturated rings. The molecule has 0 bridgehead atoms. The topological polar surface area (TPSA) is 60.8 Å². The van der Waals surface area contributed by atoms with Gasteiger partial charge in [-0.2, -0.15) is 0 Å².